The lowest BCUT2D eigenvalue weighted by molar-refractivity contribution is 0.0343. The van der Waals surface area contributed by atoms with E-state index in [1.54, 1.807) is 7.11 Å². The molecule has 20 heavy (non-hydrogen) atoms. The molecule has 4 nitrogen and oxygen atoms in total. The minimum Gasteiger partial charge on any atom is -0.496 e. The molecule has 1 aromatic rings. The molecule has 1 atom stereocenters. The number of benzene rings is 1. The van der Waals surface area contributed by atoms with Crippen LogP contribution in [-0.2, 0) is 11.3 Å². The number of nitrogens with zero attached hydrogens (tertiary/aromatic N) is 1. The Kier molecular flexibility index (Phi) is 5.83. The van der Waals surface area contributed by atoms with Gasteiger partial charge >= 0.3 is 0 Å². The predicted octanol–water partition coefficient (Wildman–Crippen LogP) is 1.81. The van der Waals surface area contributed by atoms with Crippen molar-refractivity contribution >= 4 is 0 Å². The van der Waals surface area contributed by atoms with Crippen LogP contribution in [0, 0.1) is 6.92 Å². The molecule has 1 heterocycles. The van der Waals surface area contributed by atoms with E-state index < -0.39 is 0 Å². The first-order chi connectivity index (χ1) is 9.69. The Hall–Kier alpha value is -1.10. The smallest absolute Gasteiger partial charge is 0.121 e. The highest BCUT2D eigenvalue weighted by atomic mass is 16.5. The van der Waals surface area contributed by atoms with Crippen molar-refractivity contribution < 1.29 is 9.47 Å². The molecule has 0 bridgehead atoms. The summed E-state index contributed by atoms with van der Waals surface area (Å²) in [5.74, 6) is 0.954. The van der Waals surface area contributed by atoms with Gasteiger partial charge in [0.2, 0.25) is 0 Å². The van der Waals surface area contributed by atoms with E-state index in [2.05, 4.69) is 36.2 Å². The largest absolute Gasteiger partial charge is 0.496 e. The Morgan fingerprint density at radius 3 is 2.75 bits per heavy atom. The van der Waals surface area contributed by atoms with E-state index in [4.69, 9.17) is 9.47 Å². The molecule has 1 aliphatic rings. The summed E-state index contributed by atoms with van der Waals surface area (Å²) < 4.78 is 10.7. The van der Waals surface area contributed by atoms with Gasteiger partial charge in [-0.15, -0.1) is 0 Å². The molecule has 4 heteroatoms. The molecule has 2 rings (SSSR count). The fraction of sp³-hybridized carbons (Fsp3) is 0.625. The maximum Gasteiger partial charge on any atom is 0.121 e. The first-order valence-electron chi connectivity index (χ1n) is 7.36. The maximum absolute atomic E-state index is 5.37. The quantitative estimate of drug-likeness (QED) is 0.860. The third-order valence-electron chi connectivity index (χ3n) is 3.75. The van der Waals surface area contributed by atoms with Crippen LogP contribution in [0.5, 0.6) is 5.75 Å². The van der Waals surface area contributed by atoms with Crippen molar-refractivity contribution in [2.24, 2.45) is 0 Å². The second-order valence-electron chi connectivity index (χ2n) is 5.50. The lowest BCUT2D eigenvalue weighted by Gasteiger charge is -2.29. The van der Waals surface area contributed by atoms with Gasteiger partial charge in [-0.25, -0.2) is 0 Å². The molecular weight excluding hydrogens is 252 g/mol. The van der Waals surface area contributed by atoms with Crippen LogP contribution >= 0.6 is 0 Å². The first kappa shape index (κ1) is 15.3. The Bertz CT molecular complexity index is 417. The molecule has 112 valence electrons. The monoisotopic (exact) mass is 278 g/mol. The topological polar surface area (TPSA) is 33.7 Å². The van der Waals surface area contributed by atoms with Gasteiger partial charge in [0.05, 0.1) is 20.3 Å². The van der Waals surface area contributed by atoms with Gasteiger partial charge in [0.15, 0.2) is 0 Å². The molecule has 0 amide bonds. The third-order valence-corrected chi connectivity index (χ3v) is 3.75. The number of hydrogen-bond donors (Lipinski definition) is 1. The normalized spacial score (nSPS) is 17.9. The van der Waals surface area contributed by atoms with Crippen LogP contribution in [0.15, 0.2) is 18.2 Å². The van der Waals surface area contributed by atoms with Gasteiger partial charge in [-0.3, -0.25) is 4.90 Å². The molecule has 1 unspecified atom stereocenters. The Labute approximate surface area is 122 Å². The highest BCUT2D eigenvalue weighted by Crippen LogP contribution is 2.18. The molecule has 0 spiro atoms. The molecule has 1 fully saturated rings. The van der Waals surface area contributed by atoms with E-state index >= 15 is 0 Å². The van der Waals surface area contributed by atoms with Crippen LogP contribution in [0.1, 0.15) is 18.1 Å². The van der Waals surface area contributed by atoms with Crippen LogP contribution in [-0.4, -0.2) is 50.9 Å². The summed E-state index contributed by atoms with van der Waals surface area (Å²) in [5, 5.41) is 3.59. The van der Waals surface area contributed by atoms with Crippen molar-refractivity contribution in [3.63, 3.8) is 0 Å². The SMILES string of the molecule is COc1ccc(CNC(C)CN2CCOCC2)cc1C. The molecule has 0 saturated carbocycles. The van der Waals surface area contributed by atoms with E-state index in [0.717, 1.165) is 45.1 Å². The Morgan fingerprint density at radius 2 is 2.10 bits per heavy atom. The summed E-state index contributed by atoms with van der Waals surface area (Å²) >= 11 is 0. The molecule has 1 aliphatic heterocycles. The zero-order valence-electron chi connectivity index (χ0n) is 12.8. The van der Waals surface area contributed by atoms with E-state index in [1.165, 1.54) is 11.1 Å². The number of hydrogen-bond acceptors (Lipinski definition) is 4. The van der Waals surface area contributed by atoms with Crippen LogP contribution in [0.25, 0.3) is 0 Å². The van der Waals surface area contributed by atoms with E-state index in [1.807, 2.05) is 6.07 Å². The number of methoxy groups -OCH3 is 1. The summed E-state index contributed by atoms with van der Waals surface area (Å²) in [5.41, 5.74) is 2.49. The van der Waals surface area contributed by atoms with Gasteiger partial charge in [-0.1, -0.05) is 12.1 Å². The Balaban J connectivity index is 1.77. The maximum atomic E-state index is 5.37. The molecule has 1 saturated heterocycles. The van der Waals surface area contributed by atoms with Gasteiger partial charge in [-0.05, 0) is 31.0 Å². The van der Waals surface area contributed by atoms with Crippen molar-refractivity contribution in [1.82, 2.24) is 10.2 Å². The number of ether oxygens (including phenoxy) is 2. The Morgan fingerprint density at radius 1 is 1.35 bits per heavy atom. The predicted molar refractivity (Wildman–Crippen MR) is 81.3 cm³/mol. The van der Waals surface area contributed by atoms with E-state index in [-0.39, 0.29) is 0 Å². The first-order valence-corrected chi connectivity index (χ1v) is 7.36. The summed E-state index contributed by atoms with van der Waals surface area (Å²) in [6.45, 7) is 10.1. The standard InChI is InChI=1S/C16H26N2O2/c1-13-10-15(4-5-16(13)19-3)11-17-14(2)12-18-6-8-20-9-7-18/h4-5,10,14,17H,6-9,11-12H2,1-3H3. The highest BCUT2D eigenvalue weighted by molar-refractivity contribution is 5.36. The zero-order valence-corrected chi connectivity index (χ0v) is 12.8. The van der Waals surface area contributed by atoms with Crippen molar-refractivity contribution in [2.75, 3.05) is 40.0 Å². The van der Waals surface area contributed by atoms with Crippen LogP contribution in [0.2, 0.25) is 0 Å². The lowest BCUT2D eigenvalue weighted by atomic mass is 10.1. The van der Waals surface area contributed by atoms with E-state index in [0.29, 0.717) is 6.04 Å². The fourth-order valence-electron chi connectivity index (χ4n) is 2.58. The number of nitrogens with one attached hydrogen (secondary N) is 1. The number of rotatable bonds is 6. The van der Waals surface area contributed by atoms with Crippen molar-refractivity contribution in [3.8, 4) is 5.75 Å². The fourth-order valence-corrected chi connectivity index (χ4v) is 2.58. The van der Waals surface area contributed by atoms with Crippen molar-refractivity contribution in [3.05, 3.63) is 29.3 Å². The van der Waals surface area contributed by atoms with Gasteiger partial charge in [0, 0.05) is 32.2 Å². The molecule has 0 aromatic heterocycles. The summed E-state index contributed by atoms with van der Waals surface area (Å²) in [4.78, 5) is 2.46. The summed E-state index contributed by atoms with van der Waals surface area (Å²) in [6, 6.07) is 6.84. The third kappa shape index (κ3) is 4.47. The minimum absolute atomic E-state index is 0.482. The van der Waals surface area contributed by atoms with E-state index in [9.17, 15) is 0 Å². The molecule has 0 aliphatic carbocycles. The molecule has 0 radical (unpaired) electrons. The second kappa shape index (κ2) is 7.62. The summed E-state index contributed by atoms with van der Waals surface area (Å²) in [7, 11) is 1.71. The minimum atomic E-state index is 0.482. The van der Waals surface area contributed by atoms with Gasteiger partial charge in [0.25, 0.3) is 0 Å². The zero-order chi connectivity index (χ0) is 14.4. The van der Waals surface area contributed by atoms with Crippen molar-refractivity contribution in [1.29, 1.82) is 0 Å². The average Bonchev–Trinajstić information content (AvgIpc) is 2.46. The summed E-state index contributed by atoms with van der Waals surface area (Å²) in [6.07, 6.45) is 0. The average molecular weight is 278 g/mol. The van der Waals surface area contributed by atoms with Crippen LogP contribution in [0.4, 0.5) is 0 Å². The molecule has 1 aromatic carbocycles. The number of aryl methyl sites for hydroxylation is 1. The second-order valence-corrected chi connectivity index (χ2v) is 5.50. The highest BCUT2D eigenvalue weighted by Gasteiger charge is 2.13. The van der Waals surface area contributed by atoms with Crippen LogP contribution in [0.3, 0.4) is 0 Å². The van der Waals surface area contributed by atoms with Gasteiger partial charge in [0.1, 0.15) is 5.75 Å². The number of morpholine rings is 1. The molecule has 1 N–H and O–H groups in total. The molecular formula is C16H26N2O2. The van der Waals surface area contributed by atoms with Gasteiger partial charge in [-0.2, -0.15) is 0 Å². The van der Waals surface area contributed by atoms with Crippen LogP contribution < -0.4 is 10.1 Å². The lowest BCUT2D eigenvalue weighted by Crippen LogP contribution is -2.44. The van der Waals surface area contributed by atoms with Crippen molar-refractivity contribution in [2.45, 2.75) is 26.4 Å². The van der Waals surface area contributed by atoms with Gasteiger partial charge < -0.3 is 14.8 Å².